The standard InChI is InChI=1S/C14H28OSi.C5H8O/c1-11(2)16(12(3)4,13(5)6)15-14-9-7-8-10-14;6-5-3-1-2-4-5/h7,9,11-14H,8,10H2,1-6H3;1,3,5-6H,2,4H2. The molecule has 0 saturated carbocycles. The van der Waals surface area contributed by atoms with Crippen LogP contribution in [0.5, 0.6) is 0 Å². The molecule has 2 unspecified atom stereocenters. The minimum absolute atomic E-state index is 0.134. The first-order valence-electron chi connectivity index (χ1n) is 8.99. The number of aliphatic hydroxyl groups excluding tert-OH is 1. The van der Waals surface area contributed by atoms with E-state index < -0.39 is 8.32 Å². The van der Waals surface area contributed by atoms with E-state index in [1.54, 1.807) is 0 Å². The van der Waals surface area contributed by atoms with Crippen LogP contribution in [0.2, 0.25) is 16.6 Å². The van der Waals surface area contributed by atoms with Crippen LogP contribution in [0.4, 0.5) is 0 Å². The summed E-state index contributed by atoms with van der Waals surface area (Å²) >= 11 is 0. The Balaban J connectivity index is 0.000000335. The Labute approximate surface area is 138 Å². The summed E-state index contributed by atoms with van der Waals surface area (Å²) < 4.78 is 6.64. The van der Waals surface area contributed by atoms with E-state index in [0.29, 0.717) is 22.7 Å². The van der Waals surface area contributed by atoms with E-state index in [1.165, 1.54) is 12.8 Å². The van der Waals surface area contributed by atoms with Gasteiger partial charge in [-0.1, -0.05) is 65.8 Å². The van der Waals surface area contributed by atoms with Crippen molar-refractivity contribution >= 4 is 8.32 Å². The van der Waals surface area contributed by atoms with Crippen LogP contribution in [0.3, 0.4) is 0 Å². The van der Waals surface area contributed by atoms with Gasteiger partial charge >= 0.3 is 0 Å². The summed E-state index contributed by atoms with van der Waals surface area (Å²) in [5.41, 5.74) is 2.09. The number of allylic oxidation sites excluding steroid dienone is 2. The predicted octanol–water partition coefficient (Wildman–Crippen LogP) is 5.59. The van der Waals surface area contributed by atoms with Crippen molar-refractivity contribution in [3.05, 3.63) is 24.3 Å². The molecule has 22 heavy (non-hydrogen) atoms. The predicted molar refractivity (Wildman–Crippen MR) is 98.7 cm³/mol. The highest BCUT2D eigenvalue weighted by Crippen LogP contribution is 2.43. The van der Waals surface area contributed by atoms with Crippen molar-refractivity contribution in [2.75, 3.05) is 0 Å². The van der Waals surface area contributed by atoms with Crippen LogP contribution in [0.25, 0.3) is 0 Å². The van der Waals surface area contributed by atoms with Crippen LogP contribution in [-0.2, 0) is 4.43 Å². The molecule has 2 aliphatic carbocycles. The summed E-state index contributed by atoms with van der Waals surface area (Å²) in [6.45, 7) is 14.1. The molecular formula is C19H36O2Si. The molecule has 2 atom stereocenters. The van der Waals surface area contributed by atoms with Gasteiger partial charge < -0.3 is 9.53 Å². The van der Waals surface area contributed by atoms with E-state index in [-0.39, 0.29) is 6.10 Å². The Bertz CT molecular complexity index is 350. The molecule has 0 amide bonds. The van der Waals surface area contributed by atoms with Gasteiger partial charge in [0.05, 0.1) is 12.2 Å². The molecule has 0 radical (unpaired) electrons. The molecule has 0 aromatic heterocycles. The van der Waals surface area contributed by atoms with Gasteiger partial charge in [-0.2, -0.15) is 0 Å². The highest BCUT2D eigenvalue weighted by atomic mass is 28.4. The van der Waals surface area contributed by atoms with E-state index >= 15 is 0 Å². The van der Waals surface area contributed by atoms with Crippen molar-refractivity contribution in [1.82, 2.24) is 0 Å². The van der Waals surface area contributed by atoms with Crippen LogP contribution in [-0.4, -0.2) is 25.6 Å². The van der Waals surface area contributed by atoms with Gasteiger partial charge in [-0.3, -0.25) is 0 Å². The van der Waals surface area contributed by atoms with Gasteiger partial charge in [0.25, 0.3) is 0 Å². The summed E-state index contributed by atoms with van der Waals surface area (Å²) in [5.74, 6) is 0. The molecule has 0 bridgehead atoms. The van der Waals surface area contributed by atoms with Gasteiger partial charge in [-0.15, -0.1) is 0 Å². The lowest BCUT2D eigenvalue weighted by atomic mass is 10.3. The SMILES string of the molecule is CC(C)[Si](OC1C=CCC1)(C(C)C)C(C)C.OC1C=CCC1. The second kappa shape index (κ2) is 9.04. The molecule has 2 aliphatic rings. The van der Waals surface area contributed by atoms with Crippen molar-refractivity contribution in [3.8, 4) is 0 Å². The number of aliphatic hydroxyl groups is 1. The van der Waals surface area contributed by atoms with Gasteiger partial charge in [0.15, 0.2) is 0 Å². The van der Waals surface area contributed by atoms with Crippen LogP contribution in [0.15, 0.2) is 24.3 Å². The van der Waals surface area contributed by atoms with Crippen molar-refractivity contribution in [3.63, 3.8) is 0 Å². The highest BCUT2D eigenvalue weighted by Gasteiger charge is 2.46. The third-order valence-electron chi connectivity index (χ3n) is 5.02. The second-order valence-electron chi connectivity index (χ2n) is 7.55. The van der Waals surface area contributed by atoms with E-state index in [9.17, 15) is 0 Å². The van der Waals surface area contributed by atoms with Crippen molar-refractivity contribution in [2.45, 2.75) is 96.1 Å². The lowest BCUT2D eigenvalue weighted by molar-refractivity contribution is 0.216. The zero-order valence-electron chi connectivity index (χ0n) is 15.4. The normalized spacial score (nSPS) is 24.5. The number of rotatable bonds is 5. The van der Waals surface area contributed by atoms with Crippen LogP contribution >= 0.6 is 0 Å². The van der Waals surface area contributed by atoms with Crippen molar-refractivity contribution < 1.29 is 9.53 Å². The molecule has 3 heteroatoms. The quantitative estimate of drug-likeness (QED) is 0.527. The summed E-state index contributed by atoms with van der Waals surface area (Å²) in [4.78, 5) is 0. The van der Waals surface area contributed by atoms with Gasteiger partial charge in [0, 0.05) is 0 Å². The smallest absolute Gasteiger partial charge is 0.201 e. The molecule has 0 heterocycles. The molecule has 0 aliphatic heterocycles. The highest BCUT2D eigenvalue weighted by molar-refractivity contribution is 6.77. The topological polar surface area (TPSA) is 29.5 Å². The van der Waals surface area contributed by atoms with Crippen molar-refractivity contribution in [1.29, 1.82) is 0 Å². The van der Waals surface area contributed by atoms with Crippen LogP contribution in [0.1, 0.15) is 67.2 Å². The zero-order valence-corrected chi connectivity index (χ0v) is 16.4. The van der Waals surface area contributed by atoms with E-state index in [4.69, 9.17) is 9.53 Å². The van der Waals surface area contributed by atoms with E-state index in [2.05, 4.69) is 53.7 Å². The molecule has 0 aromatic rings. The Morgan fingerprint density at radius 2 is 1.36 bits per heavy atom. The molecule has 2 nitrogen and oxygen atoms in total. The maximum atomic E-state index is 8.64. The first-order chi connectivity index (χ1) is 10.3. The molecule has 0 saturated heterocycles. The van der Waals surface area contributed by atoms with Gasteiger partial charge in [-0.25, -0.2) is 0 Å². The van der Waals surface area contributed by atoms with Gasteiger partial charge in [-0.05, 0) is 42.3 Å². The van der Waals surface area contributed by atoms with Crippen LogP contribution in [0, 0.1) is 0 Å². The average molecular weight is 325 g/mol. The molecule has 0 spiro atoms. The minimum Gasteiger partial charge on any atom is -0.410 e. The molecule has 2 rings (SSSR count). The fraction of sp³-hybridized carbons (Fsp3) is 0.789. The number of hydrogen-bond donors (Lipinski definition) is 1. The number of hydrogen-bond acceptors (Lipinski definition) is 2. The lowest BCUT2D eigenvalue weighted by Crippen LogP contribution is -2.49. The first kappa shape index (κ1) is 19.7. The Kier molecular flexibility index (Phi) is 8.08. The van der Waals surface area contributed by atoms with Crippen LogP contribution < -0.4 is 0 Å². The summed E-state index contributed by atoms with van der Waals surface area (Å²) in [6, 6.07) is 0. The molecule has 1 N–H and O–H groups in total. The molecular weight excluding hydrogens is 288 g/mol. The monoisotopic (exact) mass is 324 g/mol. The van der Waals surface area contributed by atoms with E-state index in [1.807, 2.05) is 12.2 Å². The fourth-order valence-corrected chi connectivity index (χ4v) is 9.53. The van der Waals surface area contributed by atoms with Gasteiger partial charge in [0.2, 0.25) is 8.32 Å². The third-order valence-corrected chi connectivity index (χ3v) is 11.1. The Morgan fingerprint density at radius 1 is 0.864 bits per heavy atom. The largest absolute Gasteiger partial charge is 0.410 e. The first-order valence-corrected chi connectivity index (χ1v) is 11.1. The lowest BCUT2D eigenvalue weighted by Gasteiger charge is -2.43. The summed E-state index contributed by atoms with van der Waals surface area (Å²) in [7, 11) is -1.64. The average Bonchev–Trinajstić information content (AvgIpc) is 3.08. The maximum Gasteiger partial charge on any atom is 0.201 e. The third kappa shape index (κ3) is 5.07. The van der Waals surface area contributed by atoms with Gasteiger partial charge in [0.1, 0.15) is 0 Å². The minimum atomic E-state index is -1.64. The molecule has 0 fully saturated rings. The molecule has 0 aromatic carbocycles. The fourth-order valence-electron chi connectivity index (χ4n) is 3.99. The zero-order chi connectivity index (χ0) is 16.8. The Hall–Kier alpha value is -0.383. The summed E-state index contributed by atoms with van der Waals surface area (Å²) in [5, 5.41) is 8.64. The second-order valence-corrected chi connectivity index (χ2v) is 13.0. The van der Waals surface area contributed by atoms with E-state index in [0.717, 1.165) is 12.8 Å². The Morgan fingerprint density at radius 3 is 1.64 bits per heavy atom. The summed E-state index contributed by atoms with van der Waals surface area (Å²) in [6.07, 6.45) is 13.0. The van der Waals surface area contributed by atoms with Crippen molar-refractivity contribution in [2.24, 2.45) is 0 Å². The molecule has 128 valence electrons. The maximum absolute atomic E-state index is 8.64.